The van der Waals surface area contributed by atoms with Gasteiger partial charge in [-0.2, -0.15) is 0 Å². The summed E-state index contributed by atoms with van der Waals surface area (Å²) in [4.78, 5) is 6.77. The van der Waals surface area contributed by atoms with Crippen LogP contribution in [0.5, 0.6) is 0 Å². The number of pyridine rings is 1. The highest BCUT2D eigenvalue weighted by Crippen LogP contribution is 2.30. The molecule has 1 aromatic heterocycles. The van der Waals surface area contributed by atoms with Crippen LogP contribution in [0, 0.1) is 12.7 Å². The van der Waals surface area contributed by atoms with Crippen LogP contribution in [0.2, 0.25) is 0 Å². The SMILES string of the molecule is Cc1cc(-c2ccc(-c3ccc(N(C)C)cc3)c(F)c2)nc2ccc(P)cc12. The number of hydrogen-bond acceptors (Lipinski definition) is 2. The summed E-state index contributed by atoms with van der Waals surface area (Å²) in [5.41, 5.74) is 6.17. The van der Waals surface area contributed by atoms with Gasteiger partial charge >= 0.3 is 0 Å². The minimum Gasteiger partial charge on any atom is -0.378 e. The van der Waals surface area contributed by atoms with Crippen molar-refractivity contribution >= 4 is 31.1 Å². The number of halogens is 1. The first-order valence-corrected chi connectivity index (χ1v) is 9.75. The highest BCUT2D eigenvalue weighted by molar-refractivity contribution is 7.27. The number of aromatic nitrogens is 1. The van der Waals surface area contributed by atoms with Gasteiger partial charge in [-0.3, -0.25) is 0 Å². The highest BCUT2D eigenvalue weighted by Gasteiger charge is 2.10. The molecule has 0 amide bonds. The molecule has 0 N–H and O–H groups in total. The number of benzene rings is 3. The second-order valence-corrected chi connectivity index (χ2v) is 7.90. The van der Waals surface area contributed by atoms with E-state index in [0.29, 0.717) is 5.56 Å². The lowest BCUT2D eigenvalue weighted by molar-refractivity contribution is 0.632. The standard InChI is InChI=1S/C24H22FN2P/c1-15-12-24(26-23-11-9-19(28)14-21(15)23)17-6-10-20(22(25)13-17)16-4-7-18(8-5-16)27(2)3/h4-14H,28H2,1-3H3. The molecule has 0 saturated heterocycles. The van der Waals surface area contributed by atoms with Crippen LogP contribution in [0.3, 0.4) is 0 Å². The number of hydrogen-bond donors (Lipinski definition) is 0. The Labute approximate surface area is 167 Å². The Bertz CT molecular complexity index is 1170. The molecule has 4 rings (SSSR count). The minimum atomic E-state index is -0.241. The Hall–Kier alpha value is -2.77. The average Bonchev–Trinajstić information content (AvgIpc) is 2.68. The summed E-state index contributed by atoms with van der Waals surface area (Å²) in [5.74, 6) is -0.241. The van der Waals surface area contributed by atoms with Crippen LogP contribution < -0.4 is 10.2 Å². The van der Waals surface area contributed by atoms with Gasteiger partial charge in [0.2, 0.25) is 0 Å². The minimum absolute atomic E-state index is 0.241. The van der Waals surface area contributed by atoms with Crippen molar-refractivity contribution in [3.63, 3.8) is 0 Å². The fraction of sp³-hybridized carbons (Fsp3) is 0.125. The molecule has 140 valence electrons. The van der Waals surface area contributed by atoms with Gasteiger partial charge in [-0.05, 0) is 59.8 Å². The Morgan fingerprint density at radius 1 is 0.857 bits per heavy atom. The van der Waals surface area contributed by atoms with Crippen LogP contribution in [0.1, 0.15) is 5.56 Å². The van der Waals surface area contributed by atoms with Crippen LogP contribution in [0.15, 0.2) is 66.7 Å². The van der Waals surface area contributed by atoms with E-state index >= 15 is 0 Å². The third-order valence-corrected chi connectivity index (χ3v) is 5.36. The summed E-state index contributed by atoms with van der Waals surface area (Å²) in [6.45, 7) is 2.06. The number of rotatable bonds is 3. The second-order valence-electron chi connectivity index (χ2n) is 7.24. The molecule has 1 unspecified atom stereocenters. The van der Waals surface area contributed by atoms with Gasteiger partial charge in [-0.15, -0.1) is 9.24 Å². The van der Waals surface area contributed by atoms with Crippen molar-refractivity contribution in [3.05, 3.63) is 78.1 Å². The van der Waals surface area contributed by atoms with Gasteiger partial charge in [-0.25, -0.2) is 9.37 Å². The largest absolute Gasteiger partial charge is 0.378 e. The van der Waals surface area contributed by atoms with Gasteiger partial charge in [0.05, 0.1) is 11.2 Å². The zero-order valence-corrected chi connectivity index (χ0v) is 17.4. The molecule has 4 heteroatoms. The molecule has 0 aliphatic carbocycles. The van der Waals surface area contributed by atoms with E-state index in [4.69, 9.17) is 4.98 Å². The Balaban J connectivity index is 1.73. The van der Waals surface area contributed by atoms with E-state index in [1.165, 1.54) is 0 Å². The summed E-state index contributed by atoms with van der Waals surface area (Å²) in [6.07, 6.45) is 0. The smallest absolute Gasteiger partial charge is 0.131 e. The lowest BCUT2D eigenvalue weighted by atomic mass is 10.00. The predicted octanol–water partition coefficient (Wildman–Crippen LogP) is 5.58. The first kappa shape index (κ1) is 18.6. The molecule has 0 radical (unpaired) electrons. The normalized spacial score (nSPS) is 11.0. The number of aryl methyl sites for hydroxylation is 1. The van der Waals surface area contributed by atoms with Gasteiger partial charge in [0.15, 0.2) is 0 Å². The molecule has 4 aromatic rings. The summed E-state index contributed by atoms with van der Waals surface area (Å²) in [5, 5.41) is 2.25. The second kappa shape index (κ2) is 7.33. The molecule has 0 bridgehead atoms. The van der Waals surface area contributed by atoms with Crippen LogP contribution in [-0.2, 0) is 0 Å². The molecule has 1 heterocycles. The zero-order valence-electron chi connectivity index (χ0n) is 16.2. The maximum Gasteiger partial charge on any atom is 0.131 e. The van der Waals surface area contributed by atoms with Crippen molar-refractivity contribution in [2.75, 3.05) is 19.0 Å². The van der Waals surface area contributed by atoms with Gasteiger partial charge in [0.25, 0.3) is 0 Å². The molecule has 0 saturated carbocycles. The van der Waals surface area contributed by atoms with E-state index in [1.54, 1.807) is 6.07 Å². The van der Waals surface area contributed by atoms with Crippen molar-refractivity contribution < 1.29 is 4.39 Å². The van der Waals surface area contributed by atoms with Crippen LogP contribution in [-0.4, -0.2) is 19.1 Å². The lowest BCUT2D eigenvalue weighted by Gasteiger charge is -2.13. The van der Waals surface area contributed by atoms with E-state index in [1.807, 2.05) is 73.6 Å². The van der Waals surface area contributed by atoms with Gasteiger partial charge in [0, 0.05) is 36.3 Å². The van der Waals surface area contributed by atoms with Crippen molar-refractivity contribution in [3.8, 4) is 22.4 Å². The van der Waals surface area contributed by atoms with Gasteiger partial charge < -0.3 is 4.90 Å². The Morgan fingerprint density at radius 3 is 2.25 bits per heavy atom. The molecule has 2 nitrogen and oxygen atoms in total. The van der Waals surface area contributed by atoms with Gasteiger partial charge in [-0.1, -0.05) is 30.3 Å². The van der Waals surface area contributed by atoms with E-state index in [-0.39, 0.29) is 5.82 Å². The Morgan fingerprint density at radius 2 is 1.57 bits per heavy atom. The van der Waals surface area contributed by atoms with E-state index in [2.05, 4.69) is 22.2 Å². The quantitative estimate of drug-likeness (QED) is 0.426. The Kier molecular flexibility index (Phi) is 4.87. The zero-order chi connectivity index (χ0) is 19.8. The van der Waals surface area contributed by atoms with Crippen LogP contribution in [0.4, 0.5) is 10.1 Å². The fourth-order valence-electron chi connectivity index (χ4n) is 3.41. The summed E-state index contributed by atoms with van der Waals surface area (Å²) >= 11 is 0. The molecule has 1 atom stereocenters. The average molecular weight is 388 g/mol. The number of fused-ring (bicyclic) bond motifs is 1. The molecule has 0 spiro atoms. The summed E-state index contributed by atoms with van der Waals surface area (Å²) in [6, 6.07) is 21.4. The monoisotopic (exact) mass is 388 g/mol. The van der Waals surface area contributed by atoms with Crippen molar-refractivity contribution in [1.82, 2.24) is 4.98 Å². The van der Waals surface area contributed by atoms with E-state index < -0.39 is 0 Å². The van der Waals surface area contributed by atoms with Crippen LogP contribution >= 0.6 is 9.24 Å². The molecule has 28 heavy (non-hydrogen) atoms. The third-order valence-electron chi connectivity index (χ3n) is 5.00. The summed E-state index contributed by atoms with van der Waals surface area (Å²) in [7, 11) is 6.69. The molecular weight excluding hydrogens is 366 g/mol. The van der Waals surface area contributed by atoms with Crippen LogP contribution in [0.25, 0.3) is 33.3 Å². The maximum atomic E-state index is 14.9. The maximum absolute atomic E-state index is 14.9. The molecule has 0 aliphatic heterocycles. The molecular formula is C24H22FN2P. The summed E-state index contributed by atoms with van der Waals surface area (Å²) < 4.78 is 14.9. The van der Waals surface area contributed by atoms with Crippen molar-refractivity contribution in [1.29, 1.82) is 0 Å². The fourth-order valence-corrected chi connectivity index (χ4v) is 3.67. The third kappa shape index (κ3) is 3.50. The molecule has 3 aromatic carbocycles. The van der Waals surface area contributed by atoms with E-state index in [0.717, 1.165) is 44.3 Å². The van der Waals surface area contributed by atoms with Crippen molar-refractivity contribution in [2.24, 2.45) is 0 Å². The van der Waals surface area contributed by atoms with Gasteiger partial charge in [0.1, 0.15) is 5.82 Å². The van der Waals surface area contributed by atoms with E-state index in [9.17, 15) is 4.39 Å². The highest BCUT2D eigenvalue weighted by atomic mass is 31.0. The predicted molar refractivity (Wildman–Crippen MR) is 121 cm³/mol. The first-order chi connectivity index (χ1) is 13.4. The first-order valence-electron chi connectivity index (χ1n) is 9.17. The lowest BCUT2D eigenvalue weighted by Crippen LogP contribution is -2.07. The topological polar surface area (TPSA) is 16.1 Å². The van der Waals surface area contributed by atoms with Crippen molar-refractivity contribution in [2.45, 2.75) is 6.92 Å². The molecule has 0 fully saturated rings. The number of anilines is 1. The number of nitrogens with zero attached hydrogens (tertiary/aromatic N) is 2. The molecule has 0 aliphatic rings.